The van der Waals surface area contributed by atoms with Crippen LogP contribution < -0.4 is 0 Å². The zero-order chi connectivity index (χ0) is 46.7. The number of ether oxygens (including phenoxy) is 6. The number of aliphatic carboxylic acids is 1. The van der Waals surface area contributed by atoms with Gasteiger partial charge in [-0.3, -0.25) is 4.79 Å². The van der Waals surface area contributed by atoms with Gasteiger partial charge in [0, 0.05) is 0 Å². The minimum absolute atomic E-state index is 0.0547. The molecule has 0 bridgehead atoms. The Bertz CT molecular complexity index is 1780. The van der Waals surface area contributed by atoms with Crippen molar-refractivity contribution in [2.75, 3.05) is 13.2 Å². The number of allylic oxidation sites excluding steroid dienone is 2. The third kappa shape index (κ3) is 7.31. The average molecular weight is 912 g/mol. The number of aliphatic hydroxyl groups is 9. The second-order valence-electron chi connectivity index (χ2n) is 22.2. The number of aliphatic hydroxyl groups excluding tert-OH is 9. The number of rotatable bonds is 9. The maximum absolute atomic E-state index is 13.7. The predicted molar refractivity (Wildman–Crippen MR) is 220 cm³/mol. The lowest BCUT2D eigenvalue weighted by molar-refractivity contribution is -0.377. The van der Waals surface area contributed by atoms with Gasteiger partial charge in [0.2, 0.25) is 0 Å². The molecule has 0 aromatic carbocycles. The molecular weight excluding hydrogens is 840 g/mol. The van der Waals surface area contributed by atoms with Crippen LogP contribution in [0.25, 0.3) is 0 Å². The van der Waals surface area contributed by atoms with E-state index in [0.29, 0.717) is 51.4 Å². The lowest BCUT2D eigenvalue weighted by Gasteiger charge is -2.71. The molecule has 7 fully saturated rings. The van der Waals surface area contributed by atoms with Crippen LogP contribution in [0.1, 0.15) is 99.3 Å². The van der Waals surface area contributed by atoms with Gasteiger partial charge in [0.1, 0.15) is 79.3 Å². The molecular formula is C46H71O18. The lowest BCUT2D eigenvalue weighted by Crippen LogP contribution is -2.68. The summed E-state index contributed by atoms with van der Waals surface area (Å²) in [7, 11) is 0. The Morgan fingerprint density at radius 1 is 0.781 bits per heavy atom. The Hall–Kier alpha value is -1.72. The number of carboxylic acid groups (broad SMARTS) is 1. The number of carbonyl (C=O) groups excluding carboxylic acids is 1. The second kappa shape index (κ2) is 17.1. The molecule has 10 N–H and O–H groups in total. The fraction of sp³-hybridized carbons (Fsp3) is 0.891. The number of carbonyl (C=O) groups is 2. The molecule has 3 heterocycles. The quantitative estimate of drug-likeness (QED) is 0.0845. The van der Waals surface area contributed by atoms with Crippen molar-refractivity contribution in [3.8, 4) is 0 Å². The van der Waals surface area contributed by atoms with Crippen LogP contribution in [0.5, 0.6) is 0 Å². The van der Waals surface area contributed by atoms with Crippen LogP contribution in [-0.4, -0.2) is 169 Å². The third-order valence-electron chi connectivity index (χ3n) is 18.5. The molecule has 0 spiro atoms. The van der Waals surface area contributed by atoms with E-state index in [1.165, 1.54) is 0 Å². The van der Waals surface area contributed by atoms with Crippen LogP contribution in [0.3, 0.4) is 0 Å². The zero-order valence-electron chi connectivity index (χ0n) is 37.6. The van der Waals surface area contributed by atoms with Gasteiger partial charge in [-0.2, -0.15) is 0 Å². The third-order valence-corrected chi connectivity index (χ3v) is 18.5. The first-order valence-electron chi connectivity index (χ1n) is 23.1. The Morgan fingerprint density at radius 3 is 2.14 bits per heavy atom. The summed E-state index contributed by atoms with van der Waals surface area (Å²) >= 11 is 0. The molecule has 3 saturated heterocycles. The van der Waals surface area contributed by atoms with Crippen LogP contribution >= 0.6 is 0 Å². The highest BCUT2D eigenvalue weighted by molar-refractivity contribution is 5.77. The summed E-state index contributed by atoms with van der Waals surface area (Å²) in [4.78, 5) is 26.9. The fourth-order valence-corrected chi connectivity index (χ4v) is 14.4. The molecule has 3 aliphatic heterocycles. The maximum atomic E-state index is 13.7. The molecule has 363 valence electrons. The van der Waals surface area contributed by atoms with Crippen molar-refractivity contribution in [2.24, 2.45) is 50.2 Å². The van der Waals surface area contributed by atoms with E-state index in [1.54, 1.807) is 0 Å². The van der Waals surface area contributed by atoms with E-state index in [-0.39, 0.29) is 28.6 Å². The van der Waals surface area contributed by atoms with Gasteiger partial charge in [-0.1, -0.05) is 53.2 Å². The molecule has 23 atom stereocenters. The summed E-state index contributed by atoms with van der Waals surface area (Å²) in [6.07, 6.45) is -14.8. The first-order chi connectivity index (χ1) is 29.9. The first kappa shape index (κ1) is 48.7. The summed E-state index contributed by atoms with van der Waals surface area (Å²) < 4.78 is 36.1. The number of hydrogen-bond donors (Lipinski definition) is 10. The van der Waals surface area contributed by atoms with Crippen molar-refractivity contribution in [2.45, 2.75) is 191 Å². The highest BCUT2D eigenvalue weighted by atomic mass is 16.8. The van der Waals surface area contributed by atoms with Crippen LogP contribution in [0.2, 0.25) is 0 Å². The van der Waals surface area contributed by atoms with Gasteiger partial charge in [0.25, 0.3) is 0 Å². The molecule has 10 unspecified atom stereocenters. The van der Waals surface area contributed by atoms with Crippen LogP contribution in [0, 0.1) is 56.9 Å². The monoisotopic (exact) mass is 911 g/mol. The Balaban J connectivity index is 1.09. The number of aldehydes is 1. The lowest BCUT2D eigenvalue weighted by atomic mass is 9.33. The Labute approximate surface area is 373 Å². The van der Waals surface area contributed by atoms with Gasteiger partial charge in [0.05, 0.1) is 30.8 Å². The molecule has 0 aromatic heterocycles. The van der Waals surface area contributed by atoms with Crippen molar-refractivity contribution in [3.63, 3.8) is 0 Å². The van der Waals surface area contributed by atoms with E-state index < -0.39 is 133 Å². The molecule has 0 amide bonds. The average Bonchev–Trinajstić information content (AvgIpc) is 3.23. The second-order valence-corrected chi connectivity index (χ2v) is 22.2. The maximum Gasteiger partial charge on any atom is 0.312 e. The van der Waals surface area contributed by atoms with Crippen molar-refractivity contribution in [1.29, 1.82) is 0 Å². The Kier molecular flexibility index (Phi) is 13.0. The summed E-state index contributed by atoms with van der Waals surface area (Å²) in [6.45, 7) is 12.8. The van der Waals surface area contributed by atoms with Crippen molar-refractivity contribution in [1.82, 2.24) is 0 Å². The molecule has 0 aromatic rings. The molecule has 4 saturated carbocycles. The molecule has 64 heavy (non-hydrogen) atoms. The zero-order valence-corrected chi connectivity index (χ0v) is 37.6. The standard InChI is InChI=1S/C46H71O18/c1-41(2)13-14-46(40(57)58)22(15-41)21-7-8-27-42(3)11-10-29(43(4,20-48)26(42)9-12-44(27,5)45(21,6)16-28(46)51)62-39-36(64-38-34(56)32(54)31(53)25(17-47)61-38)35(24(50)19-60-39)63-37-33(55)30(52)23(49)18-59-37/h7,19-20,22-39,47,49-56H,8-18H2,1-6H3,(H,57,58)/t22?,23-,24-,25?,26+,27?,28+,29-,30-,31-,32-,33?,34?,35-,36?,37-,38-,39-,42?,43?,44?,45?,46+/m0/s1. The largest absolute Gasteiger partial charge is 0.481 e. The van der Waals surface area contributed by atoms with Crippen LogP contribution in [-0.2, 0) is 38.0 Å². The van der Waals surface area contributed by atoms with E-state index in [4.69, 9.17) is 28.4 Å². The van der Waals surface area contributed by atoms with Crippen molar-refractivity contribution < 1.29 is 89.1 Å². The van der Waals surface area contributed by atoms with Gasteiger partial charge in [-0.15, -0.1) is 0 Å². The molecule has 18 nitrogen and oxygen atoms in total. The smallest absolute Gasteiger partial charge is 0.312 e. The first-order valence-corrected chi connectivity index (χ1v) is 23.1. The van der Waals surface area contributed by atoms with Gasteiger partial charge >= 0.3 is 5.97 Å². The van der Waals surface area contributed by atoms with E-state index in [1.807, 2.05) is 6.92 Å². The SMILES string of the molecule is CC1(C)CC[C@@]2(C(=O)O)C(C1)C1=CCC3C4(C)CC[C@H](O[C@@H]5O[CH][C@H](O)[C@H](O[C@@H]6OC[C@H](O)[C@H](O)C6O)C5O[C@@H]5OC(CO)[C@H](O)[C@H](O)C5O)C(C)(C=O)[C@@H]4CCC3(C)C1(C)C[C@H]2O. The number of hydrogen-bond acceptors (Lipinski definition) is 17. The minimum atomic E-state index is -1.88. The van der Waals surface area contributed by atoms with E-state index in [0.717, 1.165) is 24.9 Å². The highest BCUT2D eigenvalue weighted by Crippen LogP contribution is 2.76. The number of carboxylic acids is 1. The normalized spacial score (nSPS) is 54.9. The van der Waals surface area contributed by atoms with Crippen LogP contribution in [0.4, 0.5) is 0 Å². The van der Waals surface area contributed by atoms with E-state index >= 15 is 0 Å². The van der Waals surface area contributed by atoms with Gasteiger partial charge in [-0.25, -0.2) is 0 Å². The van der Waals surface area contributed by atoms with E-state index in [2.05, 4.69) is 40.7 Å². The van der Waals surface area contributed by atoms with Crippen molar-refractivity contribution in [3.05, 3.63) is 18.3 Å². The highest BCUT2D eigenvalue weighted by Gasteiger charge is 2.72. The predicted octanol–water partition coefficient (Wildman–Crippen LogP) is 0.296. The van der Waals surface area contributed by atoms with Crippen molar-refractivity contribution >= 4 is 12.3 Å². The summed E-state index contributed by atoms with van der Waals surface area (Å²) in [5.41, 5.74) is -2.60. The number of fused-ring (bicyclic) bond motifs is 7. The molecule has 5 aliphatic carbocycles. The Morgan fingerprint density at radius 2 is 1.47 bits per heavy atom. The topological polar surface area (TPSA) is 292 Å². The van der Waals surface area contributed by atoms with Gasteiger partial charge in [0.15, 0.2) is 18.9 Å². The summed E-state index contributed by atoms with van der Waals surface area (Å²) in [5.74, 6) is -1.41. The molecule has 8 rings (SSSR count). The minimum Gasteiger partial charge on any atom is -0.481 e. The molecule has 8 aliphatic rings. The van der Waals surface area contributed by atoms with E-state index in [9.17, 15) is 60.7 Å². The fourth-order valence-electron chi connectivity index (χ4n) is 14.4. The summed E-state index contributed by atoms with van der Waals surface area (Å²) in [6, 6.07) is 0. The van der Waals surface area contributed by atoms with Crippen LogP contribution in [0.15, 0.2) is 11.6 Å². The molecule has 18 heteroatoms. The molecule has 1 radical (unpaired) electrons. The van der Waals surface area contributed by atoms with Gasteiger partial charge in [-0.05, 0) is 97.2 Å². The van der Waals surface area contributed by atoms with Gasteiger partial charge < -0.3 is 84.3 Å². The summed E-state index contributed by atoms with van der Waals surface area (Å²) in [5, 5.41) is 107.